The van der Waals surface area contributed by atoms with Gasteiger partial charge in [0.2, 0.25) is 0 Å². The molecule has 4 nitrogen and oxygen atoms in total. The molecule has 0 aliphatic heterocycles. The van der Waals surface area contributed by atoms with Gasteiger partial charge in [0.05, 0.1) is 17.3 Å². The lowest BCUT2D eigenvalue weighted by Crippen LogP contribution is -3.08. The number of rotatable bonds is 6. The summed E-state index contributed by atoms with van der Waals surface area (Å²) in [7, 11) is 3.91. The number of benzene rings is 2. The van der Waals surface area contributed by atoms with Crippen molar-refractivity contribution in [3.05, 3.63) is 64.7 Å². The normalized spacial score (nSPS) is 12.3. The van der Waals surface area contributed by atoms with Crippen molar-refractivity contribution in [2.75, 3.05) is 20.6 Å². The van der Waals surface area contributed by atoms with Crippen LogP contribution in [0.1, 0.15) is 16.1 Å². The van der Waals surface area contributed by atoms with Crippen molar-refractivity contribution in [3.63, 3.8) is 0 Å². The van der Waals surface area contributed by atoms with Gasteiger partial charge in [0, 0.05) is 13.6 Å². The molecular weight excluding hydrogens is 330 g/mol. The van der Waals surface area contributed by atoms with Crippen LogP contribution in [0.2, 0.25) is 0 Å². The van der Waals surface area contributed by atoms with Crippen LogP contribution in [0.15, 0.2) is 48.5 Å². The summed E-state index contributed by atoms with van der Waals surface area (Å²) in [6.45, 7) is 3.95. The molecule has 0 saturated carbocycles. The van der Waals surface area contributed by atoms with Crippen LogP contribution in [-0.2, 0) is 17.9 Å². The highest BCUT2D eigenvalue weighted by Gasteiger charge is 2.16. The molecule has 2 aromatic carbocycles. The number of hydrogen-bond donors (Lipinski definition) is 1. The standard InChI is InChI=1S/C20H23N3OS/c1-15-8-10-16(11-9-15)12-23(3)20(24)14-22(2)13-19-21-17-6-4-5-7-18(17)25-19/h4-11H,12-14H2,1-3H3/p+1. The number of aryl methyl sites for hydroxylation is 1. The van der Waals surface area contributed by atoms with Crippen molar-refractivity contribution in [2.24, 2.45) is 0 Å². The van der Waals surface area contributed by atoms with E-state index >= 15 is 0 Å². The minimum Gasteiger partial charge on any atom is -0.337 e. The van der Waals surface area contributed by atoms with E-state index in [1.54, 1.807) is 16.2 Å². The van der Waals surface area contributed by atoms with Gasteiger partial charge in [-0.1, -0.05) is 42.0 Å². The number of nitrogens with zero attached hydrogens (tertiary/aromatic N) is 2. The first-order chi connectivity index (χ1) is 12.0. The molecule has 5 heteroatoms. The number of quaternary nitrogens is 1. The van der Waals surface area contributed by atoms with Gasteiger partial charge < -0.3 is 9.80 Å². The molecule has 1 atom stereocenters. The van der Waals surface area contributed by atoms with Crippen LogP contribution < -0.4 is 4.90 Å². The number of thiazole rings is 1. The van der Waals surface area contributed by atoms with E-state index in [4.69, 9.17) is 0 Å². The number of para-hydroxylation sites is 1. The molecule has 1 amide bonds. The van der Waals surface area contributed by atoms with Gasteiger partial charge in [-0.05, 0) is 24.6 Å². The maximum Gasteiger partial charge on any atom is 0.277 e. The van der Waals surface area contributed by atoms with E-state index in [2.05, 4.69) is 42.2 Å². The van der Waals surface area contributed by atoms with E-state index in [0.29, 0.717) is 13.1 Å². The minimum atomic E-state index is 0.152. The smallest absolute Gasteiger partial charge is 0.277 e. The molecule has 1 N–H and O–H groups in total. The van der Waals surface area contributed by atoms with Gasteiger partial charge in [-0.2, -0.15) is 0 Å². The van der Waals surface area contributed by atoms with Gasteiger partial charge in [0.25, 0.3) is 5.91 Å². The molecule has 0 bridgehead atoms. The molecule has 1 aromatic heterocycles. The Hall–Kier alpha value is -2.24. The Morgan fingerprint density at radius 1 is 1.16 bits per heavy atom. The van der Waals surface area contributed by atoms with E-state index in [1.165, 1.54) is 10.3 Å². The zero-order valence-corrected chi connectivity index (χ0v) is 15.8. The van der Waals surface area contributed by atoms with Crippen LogP contribution >= 0.6 is 11.3 Å². The summed E-state index contributed by atoms with van der Waals surface area (Å²) in [6.07, 6.45) is 0. The Morgan fingerprint density at radius 2 is 1.88 bits per heavy atom. The van der Waals surface area contributed by atoms with Crippen LogP contribution in [0.5, 0.6) is 0 Å². The summed E-state index contributed by atoms with van der Waals surface area (Å²) in [6, 6.07) is 16.5. The first-order valence-corrected chi connectivity index (χ1v) is 9.28. The van der Waals surface area contributed by atoms with E-state index in [0.717, 1.165) is 27.5 Å². The number of aromatic nitrogens is 1. The van der Waals surface area contributed by atoms with Crippen LogP contribution in [0.3, 0.4) is 0 Å². The Morgan fingerprint density at radius 3 is 2.60 bits per heavy atom. The molecule has 3 aromatic rings. The second kappa shape index (κ2) is 7.76. The van der Waals surface area contributed by atoms with Gasteiger partial charge in [-0.3, -0.25) is 4.79 Å². The second-order valence-corrected chi connectivity index (χ2v) is 7.74. The summed E-state index contributed by atoms with van der Waals surface area (Å²) in [4.78, 5) is 20.1. The zero-order valence-electron chi connectivity index (χ0n) is 15.0. The zero-order chi connectivity index (χ0) is 17.8. The summed E-state index contributed by atoms with van der Waals surface area (Å²) in [5, 5.41) is 1.08. The fraction of sp³-hybridized carbons (Fsp3) is 0.300. The predicted molar refractivity (Wildman–Crippen MR) is 103 cm³/mol. The molecule has 0 radical (unpaired) electrons. The molecule has 1 heterocycles. The van der Waals surface area contributed by atoms with E-state index < -0.39 is 0 Å². The molecule has 1 unspecified atom stereocenters. The van der Waals surface area contributed by atoms with Gasteiger partial charge in [-0.25, -0.2) is 4.98 Å². The van der Waals surface area contributed by atoms with Gasteiger partial charge in [0.1, 0.15) is 11.6 Å². The number of hydrogen-bond acceptors (Lipinski definition) is 3. The monoisotopic (exact) mass is 354 g/mol. The third kappa shape index (κ3) is 4.65. The molecule has 130 valence electrons. The highest BCUT2D eigenvalue weighted by atomic mass is 32.1. The Labute approximate surface area is 152 Å². The fourth-order valence-corrected chi connectivity index (χ4v) is 3.85. The van der Waals surface area contributed by atoms with E-state index in [-0.39, 0.29) is 5.91 Å². The van der Waals surface area contributed by atoms with Gasteiger partial charge in [0.15, 0.2) is 6.54 Å². The van der Waals surface area contributed by atoms with E-state index in [9.17, 15) is 4.79 Å². The molecule has 3 rings (SSSR count). The van der Waals surface area contributed by atoms with Crippen molar-refractivity contribution in [1.29, 1.82) is 0 Å². The number of carbonyl (C=O) groups is 1. The molecule has 0 aliphatic rings. The van der Waals surface area contributed by atoms with Crippen LogP contribution in [-0.4, -0.2) is 36.4 Å². The lowest BCUT2D eigenvalue weighted by atomic mass is 10.1. The van der Waals surface area contributed by atoms with Crippen molar-refractivity contribution in [1.82, 2.24) is 9.88 Å². The average molecular weight is 354 g/mol. The van der Waals surface area contributed by atoms with Crippen LogP contribution in [0.25, 0.3) is 10.2 Å². The average Bonchev–Trinajstić information content (AvgIpc) is 2.98. The summed E-state index contributed by atoms with van der Waals surface area (Å²) < 4.78 is 1.20. The third-order valence-corrected chi connectivity index (χ3v) is 5.25. The van der Waals surface area contributed by atoms with Gasteiger partial charge >= 0.3 is 0 Å². The minimum absolute atomic E-state index is 0.152. The van der Waals surface area contributed by atoms with Crippen LogP contribution in [0.4, 0.5) is 0 Å². The summed E-state index contributed by atoms with van der Waals surface area (Å²) >= 11 is 1.71. The van der Waals surface area contributed by atoms with Crippen molar-refractivity contribution >= 4 is 27.5 Å². The molecule has 0 fully saturated rings. The second-order valence-electron chi connectivity index (χ2n) is 6.62. The molecule has 0 spiro atoms. The lowest BCUT2D eigenvalue weighted by molar-refractivity contribution is -0.885. The molecule has 25 heavy (non-hydrogen) atoms. The summed E-state index contributed by atoms with van der Waals surface area (Å²) in [5.74, 6) is 0.152. The molecule has 0 saturated heterocycles. The predicted octanol–water partition coefficient (Wildman–Crippen LogP) is 2.28. The fourth-order valence-electron chi connectivity index (χ4n) is 2.76. The van der Waals surface area contributed by atoms with Crippen molar-refractivity contribution in [2.45, 2.75) is 20.0 Å². The van der Waals surface area contributed by atoms with Crippen molar-refractivity contribution < 1.29 is 9.69 Å². The lowest BCUT2D eigenvalue weighted by Gasteiger charge is -2.19. The summed E-state index contributed by atoms with van der Waals surface area (Å²) in [5.41, 5.74) is 3.43. The number of likely N-dealkylation sites (N-methyl/N-ethyl adjacent to an activating group) is 2. The van der Waals surface area contributed by atoms with E-state index in [1.807, 2.05) is 32.3 Å². The topological polar surface area (TPSA) is 37.6 Å². The number of nitrogens with one attached hydrogen (secondary N) is 1. The Kier molecular flexibility index (Phi) is 5.46. The van der Waals surface area contributed by atoms with Crippen molar-refractivity contribution in [3.8, 4) is 0 Å². The Bertz CT molecular complexity index is 824. The number of fused-ring (bicyclic) bond motifs is 1. The third-order valence-electron chi connectivity index (χ3n) is 4.21. The first-order valence-electron chi connectivity index (χ1n) is 8.46. The quantitative estimate of drug-likeness (QED) is 0.737. The number of amides is 1. The Balaban J connectivity index is 1.55. The maximum absolute atomic E-state index is 12.5. The SMILES string of the molecule is Cc1ccc(CN(C)C(=O)C[NH+](C)Cc2nc3ccccc3s2)cc1. The largest absolute Gasteiger partial charge is 0.337 e. The highest BCUT2D eigenvalue weighted by Crippen LogP contribution is 2.20. The molecule has 0 aliphatic carbocycles. The van der Waals surface area contributed by atoms with Crippen LogP contribution in [0, 0.1) is 6.92 Å². The maximum atomic E-state index is 12.5. The molecular formula is C20H24N3OS+. The first kappa shape index (κ1) is 17.6. The number of carbonyl (C=O) groups excluding carboxylic acids is 1. The highest BCUT2D eigenvalue weighted by molar-refractivity contribution is 7.18. The van der Waals surface area contributed by atoms with Gasteiger partial charge in [-0.15, -0.1) is 11.3 Å².